The molecule has 1 heterocycles. The highest BCUT2D eigenvalue weighted by Gasteiger charge is 2.55. The average molecular weight is 369 g/mol. The third-order valence-electron chi connectivity index (χ3n) is 6.67. The average Bonchev–Trinajstić information content (AvgIpc) is 3.43. The molecule has 1 aliphatic heterocycles. The van der Waals surface area contributed by atoms with Crippen LogP contribution in [0.1, 0.15) is 51.0 Å². The summed E-state index contributed by atoms with van der Waals surface area (Å²) < 4.78 is 0. The zero-order valence-electron chi connectivity index (χ0n) is 15.8. The van der Waals surface area contributed by atoms with E-state index in [1.54, 1.807) is 0 Å². The van der Waals surface area contributed by atoms with E-state index in [0.717, 1.165) is 37.0 Å². The number of hydrogen-bond acceptors (Lipinski definition) is 3. The fourth-order valence-corrected chi connectivity index (χ4v) is 4.62. The number of amides is 4. The van der Waals surface area contributed by atoms with E-state index in [9.17, 15) is 14.4 Å². The third kappa shape index (κ3) is 3.11. The first kappa shape index (κ1) is 18.0. The molecular formula is C21H27N3O3. The van der Waals surface area contributed by atoms with Crippen molar-refractivity contribution in [2.45, 2.75) is 56.4 Å². The molecule has 2 N–H and O–H groups in total. The molecule has 1 aromatic rings. The Hall–Kier alpha value is -2.37. The SMILES string of the molecule is CC1CCCCC12NC(=O)N(CC(=O)NCC1(c3ccccc3)CC1)C2=O. The number of carbonyl (C=O) groups excluding carboxylic acids is 3. The molecule has 1 aromatic carbocycles. The Morgan fingerprint density at radius 3 is 2.59 bits per heavy atom. The highest BCUT2D eigenvalue weighted by atomic mass is 16.2. The van der Waals surface area contributed by atoms with Crippen molar-refractivity contribution in [2.75, 3.05) is 13.1 Å². The molecule has 144 valence electrons. The van der Waals surface area contributed by atoms with E-state index in [-0.39, 0.29) is 29.7 Å². The van der Waals surface area contributed by atoms with Gasteiger partial charge in [-0.1, -0.05) is 50.1 Å². The molecule has 27 heavy (non-hydrogen) atoms. The predicted molar refractivity (Wildman–Crippen MR) is 101 cm³/mol. The maximum absolute atomic E-state index is 12.9. The minimum atomic E-state index is -0.808. The fourth-order valence-electron chi connectivity index (χ4n) is 4.62. The Morgan fingerprint density at radius 2 is 1.93 bits per heavy atom. The molecule has 2 saturated carbocycles. The molecule has 2 atom stereocenters. The molecule has 0 bridgehead atoms. The van der Waals surface area contributed by atoms with E-state index in [2.05, 4.69) is 22.8 Å². The van der Waals surface area contributed by atoms with Crippen LogP contribution in [-0.4, -0.2) is 41.4 Å². The van der Waals surface area contributed by atoms with Gasteiger partial charge in [0, 0.05) is 12.0 Å². The molecule has 0 aromatic heterocycles. The number of urea groups is 1. The summed E-state index contributed by atoms with van der Waals surface area (Å²) >= 11 is 0. The van der Waals surface area contributed by atoms with Gasteiger partial charge >= 0.3 is 6.03 Å². The second-order valence-corrected chi connectivity index (χ2v) is 8.36. The Kier molecular flexibility index (Phi) is 4.44. The summed E-state index contributed by atoms with van der Waals surface area (Å²) in [7, 11) is 0. The summed E-state index contributed by atoms with van der Waals surface area (Å²) in [5, 5.41) is 5.83. The molecule has 2 unspecified atom stereocenters. The lowest BCUT2D eigenvalue weighted by Gasteiger charge is -2.36. The molecule has 1 saturated heterocycles. The number of imide groups is 1. The van der Waals surface area contributed by atoms with Gasteiger partial charge in [-0.15, -0.1) is 0 Å². The molecule has 0 radical (unpaired) electrons. The van der Waals surface area contributed by atoms with Crippen molar-refractivity contribution >= 4 is 17.8 Å². The first-order valence-electron chi connectivity index (χ1n) is 9.93. The van der Waals surface area contributed by atoms with Crippen LogP contribution in [0.3, 0.4) is 0 Å². The van der Waals surface area contributed by atoms with Gasteiger partial charge in [0.1, 0.15) is 12.1 Å². The van der Waals surface area contributed by atoms with Gasteiger partial charge in [0.05, 0.1) is 0 Å². The van der Waals surface area contributed by atoms with Crippen LogP contribution in [0.25, 0.3) is 0 Å². The summed E-state index contributed by atoms with van der Waals surface area (Å²) in [5.41, 5.74) is 0.431. The molecule has 4 amide bonds. The Balaban J connectivity index is 1.37. The van der Waals surface area contributed by atoms with Gasteiger partial charge in [-0.05, 0) is 37.2 Å². The van der Waals surface area contributed by atoms with Crippen molar-refractivity contribution in [3.63, 3.8) is 0 Å². The van der Waals surface area contributed by atoms with E-state index in [1.807, 2.05) is 25.1 Å². The zero-order valence-corrected chi connectivity index (χ0v) is 15.8. The molecule has 3 aliphatic rings. The van der Waals surface area contributed by atoms with Gasteiger partial charge in [0.25, 0.3) is 5.91 Å². The molecule has 6 heteroatoms. The summed E-state index contributed by atoms with van der Waals surface area (Å²) in [6, 6.07) is 9.74. The second-order valence-electron chi connectivity index (χ2n) is 8.36. The van der Waals surface area contributed by atoms with Crippen molar-refractivity contribution in [3.05, 3.63) is 35.9 Å². The number of carbonyl (C=O) groups is 3. The molecule has 6 nitrogen and oxygen atoms in total. The predicted octanol–water partition coefficient (Wildman–Crippen LogP) is 2.34. The number of rotatable bonds is 5. The van der Waals surface area contributed by atoms with Gasteiger partial charge in [-0.25, -0.2) is 4.79 Å². The van der Waals surface area contributed by atoms with Crippen LogP contribution in [0, 0.1) is 5.92 Å². The van der Waals surface area contributed by atoms with Crippen molar-refractivity contribution in [1.82, 2.24) is 15.5 Å². The van der Waals surface area contributed by atoms with Crippen molar-refractivity contribution in [1.29, 1.82) is 0 Å². The highest BCUT2D eigenvalue weighted by Crippen LogP contribution is 2.47. The van der Waals surface area contributed by atoms with E-state index < -0.39 is 11.6 Å². The smallest absolute Gasteiger partial charge is 0.325 e. The van der Waals surface area contributed by atoms with Crippen LogP contribution in [0.2, 0.25) is 0 Å². The topological polar surface area (TPSA) is 78.5 Å². The molecule has 1 spiro atoms. The quantitative estimate of drug-likeness (QED) is 0.782. The van der Waals surface area contributed by atoms with Gasteiger partial charge in [0.15, 0.2) is 0 Å². The van der Waals surface area contributed by atoms with Gasteiger partial charge < -0.3 is 10.6 Å². The second kappa shape index (κ2) is 6.66. The zero-order chi connectivity index (χ0) is 19.1. The fraction of sp³-hybridized carbons (Fsp3) is 0.571. The minimum Gasteiger partial charge on any atom is -0.354 e. The van der Waals surface area contributed by atoms with E-state index in [0.29, 0.717) is 13.0 Å². The summed E-state index contributed by atoms with van der Waals surface area (Å²) in [6.45, 7) is 2.35. The minimum absolute atomic E-state index is 0.00725. The lowest BCUT2D eigenvalue weighted by molar-refractivity contribution is -0.137. The van der Waals surface area contributed by atoms with Crippen LogP contribution in [0.15, 0.2) is 30.3 Å². The first-order valence-corrected chi connectivity index (χ1v) is 9.93. The Labute approximate surface area is 159 Å². The lowest BCUT2D eigenvalue weighted by atomic mass is 9.73. The van der Waals surface area contributed by atoms with Crippen molar-refractivity contribution in [3.8, 4) is 0 Å². The number of nitrogens with one attached hydrogen (secondary N) is 2. The normalized spacial score (nSPS) is 28.9. The van der Waals surface area contributed by atoms with Gasteiger partial charge in [-0.2, -0.15) is 0 Å². The molecular weight excluding hydrogens is 342 g/mol. The Bertz CT molecular complexity index is 759. The lowest BCUT2D eigenvalue weighted by Crippen LogP contribution is -2.54. The largest absolute Gasteiger partial charge is 0.354 e. The first-order chi connectivity index (χ1) is 13.0. The Morgan fingerprint density at radius 1 is 1.19 bits per heavy atom. The van der Waals surface area contributed by atoms with Gasteiger partial charge in [-0.3, -0.25) is 14.5 Å². The highest BCUT2D eigenvalue weighted by molar-refractivity contribution is 6.09. The number of benzene rings is 1. The number of nitrogens with zero attached hydrogens (tertiary/aromatic N) is 1. The van der Waals surface area contributed by atoms with E-state index in [4.69, 9.17) is 0 Å². The van der Waals surface area contributed by atoms with Crippen LogP contribution in [0.4, 0.5) is 4.79 Å². The summed E-state index contributed by atoms with van der Waals surface area (Å²) in [4.78, 5) is 38.9. The molecule has 2 aliphatic carbocycles. The maximum atomic E-state index is 12.9. The maximum Gasteiger partial charge on any atom is 0.325 e. The van der Waals surface area contributed by atoms with Crippen LogP contribution in [0.5, 0.6) is 0 Å². The summed E-state index contributed by atoms with van der Waals surface area (Å²) in [6.07, 6.45) is 5.67. The monoisotopic (exact) mass is 369 g/mol. The summed E-state index contributed by atoms with van der Waals surface area (Å²) in [5.74, 6) is -0.413. The van der Waals surface area contributed by atoms with Crippen LogP contribution < -0.4 is 10.6 Å². The van der Waals surface area contributed by atoms with Crippen LogP contribution in [-0.2, 0) is 15.0 Å². The van der Waals surface area contributed by atoms with Crippen molar-refractivity contribution < 1.29 is 14.4 Å². The van der Waals surface area contributed by atoms with Crippen LogP contribution >= 0.6 is 0 Å². The number of hydrogen-bond donors (Lipinski definition) is 2. The molecule has 3 fully saturated rings. The van der Waals surface area contributed by atoms with Crippen molar-refractivity contribution in [2.24, 2.45) is 5.92 Å². The standard InChI is InChI=1S/C21H27N3O3/c1-15-7-5-6-10-21(15)18(26)24(19(27)23-21)13-17(25)22-14-20(11-12-20)16-8-3-2-4-9-16/h2-4,8-9,15H,5-7,10-14H2,1H3,(H,22,25)(H,23,27). The van der Waals surface area contributed by atoms with E-state index >= 15 is 0 Å². The van der Waals surface area contributed by atoms with E-state index in [1.165, 1.54) is 5.56 Å². The van der Waals surface area contributed by atoms with Gasteiger partial charge in [0.2, 0.25) is 5.91 Å². The molecule has 4 rings (SSSR count). The third-order valence-corrected chi connectivity index (χ3v) is 6.67.